The molecule has 0 aliphatic carbocycles. The van der Waals surface area contributed by atoms with Gasteiger partial charge in [0, 0.05) is 24.0 Å². The molecule has 0 bridgehead atoms. The smallest absolute Gasteiger partial charge is 0.244 e. The molecular formula is C15H20N2O3S2. The topological polar surface area (TPSA) is 68.3 Å². The van der Waals surface area contributed by atoms with Crippen LogP contribution in [-0.2, 0) is 16.4 Å². The maximum Gasteiger partial charge on any atom is 0.244 e. The van der Waals surface area contributed by atoms with E-state index < -0.39 is 10.0 Å². The molecule has 2 aromatic rings. The van der Waals surface area contributed by atoms with Gasteiger partial charge in [0.15, 0.2) is 0 Å². The van der Waals surface area contributed by atoms with Crippen LogP contribution in [0.25, 0.3) is 0 Å². The van der Waals surface area contributed by atoms with Crippen LogP contribution in [0.4, 0.5) is 0 Å². The van der Waals surface area contributed by atoms with Crippen molar-refractivity contribution in [1.82, 2.24) is 9.71 Å². The summed E-state index contributed by atoms with van der Waals surface area (Å²) in [7, 11) is -2.13. The average Bonchev–Trinajstić information content (AvgIpc) is 2.86. The zero-order valence-corrected chi connectivity index (χ0v) is 14.8. The Kier molecular flexibility index (Phi) is 5.20. The maximum absolute atomic E-state index is 12.5. The highest BCUT2D eigenvalue weighted by Gasteiger charge is 2.20. The molecule has 7 heteroatoms. The van der Waals surface area contributed by atoms with Crippen molar-refractivity contribution in [2.24, 2.45) is 0 Å². The molecule has 1 aromatic heterocycles. The lowest BCUT2D eigenvalue weighted by atomic mass is 10.1. The van der Waals surface area contributed by atoms with Crippen molar-refractivity contribution in [1.29, 1.82) is 0 Å². The van der Waals surface area contributed by atoms with Gasteiger partial charge in [-0.3, -0.25) is 0 Å². The highest BCUT2D eigenvalue weighted by molar-refractivity contribution is 7.89. The summed E-state index contributed by atoms with van der Waals surface area (Å²) in [5.74, 6) is 0.362. The van der Waals surface area contributed by atoms with Crippen molar-refractivity contribution in [2.45, 2.75) is 32.1 Å². The van der Waals surface area contributed by atoms with Crippen LogP contribution in [0.2, 0.25) is 0 Å². The Labute approximate surface area is 135 Å². The van der Waals surface area contributed by atoms with Gasteiger partial charge in [0.05, 0.1) is 12.1 Å². The number of hydrogen-bond acceptors (Lipinski definition) is 5. The second kappa shape index (κ2) is 6.76. The second-order valence-corrected chi connectivity index (χ2v) is 8.15. The van der Waals surface area contributed by atoms with Gasteiger partial charge in [-0.05, 0) is 44.0 Å². The minimum atomic E-state index is -3.60. The third-order valence-electron chi connectivity index (χ3n) is 3.37. The number of hydrogen-bond donors (Lipinski definition) is 1. The number of aryl methyl sites for hydroxylation is 3. The SMILES string of the molecule is COc1cc(C)c(C)cc1S(=O)(=O)NCCc1ncc(C)s1. The van der Waals surface area contributed by atoms with E-state index in [4.69, 9.17) is 4.74 Å². The van der Waals surface area contributed by atoms with E-state index in [1.54, 1.807) is 29.7 Å². The van der Waals surface area contributed by atoms with Crippen LogP contribution in [0.15, 0.2) is 23.2 Å². The number of nitrogens with one attached hydrogen (secondary N) is 1. The Bertz CT molecular complexity index is 767. The van der Waals surface area contributed by atoms with Gasteiger partial charge in [0.2, 0.25) is 10.0 Å². The zero-order valence-electron chi connectivity index (χ0n) is 13.1. The number of aromatic nitrogens is 1. The lowest BCUT2D eigenvalue weighted by Gasteiger charge is -2.13. The molecule has 0 saturated heterocycles. The second-order valence-electron chi connectivity index (χ2n) is 5.10. The van der Waals surface area contributed by atoms with Crippen LogP contribution in [0, 0.1) is 20.8 Å². The Morgan fingerprint density at radius 3 is 2.50 bits per heavy atom. The van der Waals surface area contributed by atoms with Crippen molar-refractivity contribution >= 4 is 21.4 Å². The Hall–Kier alpha value is -1.44. The fourth-order valence-electron chi connectivity index (χ4n) is 2.02. The standard InChI is InChI=1S/C15H20N2O3S2/c1-10-7-13(20-4)14(8-11(10)2)22(18,19)17-6-5-15-16-9-12(3)21-15/h7-9,17H,5-6H2,1-4H3. The van der Waals surface area contributed by atoms with E-state index in [0.717, 1.165) is 21.0 Å². The Morgan fingerprint density at radius 2 is 1.91 bits per heavy atom. The van der Waals surface area contributed by atoms with Crippen molar-refractivity contribution < 1.29 is 13.2 Å². The van der Waals surface area contributed by atoms with Crippen molar-refractivity contribution in [3.8, 4) is 5.75 Å². The normalized spacial score (nSPS) is 11.6. The number of benzene rings is 1. The number of thiazole rings is 1. The van der Waals surface area contributed by atoms with Crippen molar-refractivity contribution in [2.75, 3.05) is 13.7 Å². The quantitative estimate of drug-likeness (QED) is 0.878. The van der Waals surface area contributed by atoms with Crippen LogP contribution in [-0.4, -0.2) is 27.1 Å². The van der Waals surface area contributed by atoms with E-state index in [1.807, 2.05) is 20.8 Å². The molecule has 2 rings (SSSR count). The Morgan fingerprint density at radius 1 is 1.23 bits per heavy atom. The number of nitrogens with zero attached hydrogens (tertiary/aromatic N) is 1. The lowest BCUT2D eigenvalue weighted by Crippen LogP contribution is -2.26. The first-order valence-electron chi connectivity index (χ1n) is 6.89. The minimum Gasteiger partial charge on any atom is -0.495 e. The average molecular weight is 340 g/mol. The van der Waals surface area contributed by atoms with E-state index >= 15 is 0 Å². The summed E-state index contributed by atoms with van der Waals surface area (Å²) in [5.41, 5.74) is 1.91. The molecule has 0 amide bonds. The van der Waals surface area contributed by atoms with Crippen molar-refractivity contribution in [3.05, 3.63) is 39.3 Å². The first kappa shape index (κ1) is 16.9. The summed E-state index contributed by atoms with van der Waals surface area (Å²) >= 11 is 1.58. The molecule has 5 nitrogen and oxygen atoms in total. The third-order valence-corrected chi connectivity index (χ3v) is 5.82. The summed E-state index contributed by atoms with van der Waals surface area (Å²) in [4.78, 5) is 5.52. The van der Waals surface area contributed by atoms with Gasteiger partial charge in [-0.25, -0.2) is 18.1 Å². The monoisotopic (exact) mass is 340 g/mol. The van der Waals surface area contributed by atoms with E-state index in [2.05, 4.69) is 9.71 Å². The first-order chi connectivity index (χ1) is 10.3. The lowest BCUT2D eigenvalue weighted by molar-refractivity contribution is 0.402. The molecule has 1 heterocycles. The van der Waals surface area contributed by atoms with Gasteiger partial charge in [0.1, 0.15) is 10.6 Å². The molecule has 22 heavy (non-hydrogen) atoms. The van der Waals surface area contributed by atoms with Gasteiger partial charge in [0.25, 0.3) is 0 Å². The van der Waals surface area contributed by atoms with Crippen LogP contribution < -0.4 is 9.46 Å². The summed E-state index contributed by atoms with van der Waals surface area (Å²) in [6, 6.07) is 3.39. The maximum atomic E-state index is 12.5. The molecule has 0 fully saturated rings. The molecule has 0 aliphatic rings. The van der Waals surface area contributed by atoms with Crippen LogP contribution in [0.1, 0.15) is 21.0 Å². The minimum absolute atomic E-state index is 0.174. The molecular weight excluding hydrogens is 320 g/mol. The molecule has 0 saturated carbocycles. The molecule has 120 valence electrons. The molecule has 0 spiro atoms. The zero-order chi connectivity index (χ0) is 16.3. The van der Waals surface area contributed by atoms with Gasteiger partial charge >= 0.3 is 0 Å². The van der Waals surface area contributed by atoms with E-state index in [1.165, 1.54) is 7.11 Å². The number of sulfonamides is 1. The van der Waals surface area contributed by atoms with E-state index in [-0.39, 0.29) is 4.90 Å². The summed E-state index contributed by atoms with van der Waals surface area (Å²) < 4.78 is 32.7. The number of methoxy groups -OCH3 is 1. The largest absolute Gasteiger partial charge is 0.495 e. The van der Waals surface area contributed by atoms with E-state index in [9.17, 15) is 8.42 Å². The fourth-order valence-corrected chi connectivity index (χ4v) is 4.07. The van der Waals surface area contributed by atoms with Crippen LogP contribution in [0.3, 0.4) is 0 Å². The van der Waals surface area contributed by atoms with Gasteiger partial charge in [-0.2, -0.15) is 0 Å². The number of ether oxygens (including phenoxy) is 1. The molecule has 1 aromatic carbocycles. The predicted octanol–water partition coefficient (Wildman–Crippen LogP) is 2.60. The highest BCUT2D eigenvalue weighted by Crippen LogP contribution is 2.27. The van der Waals surface area contributed by atoms with Gasteiger partial charge < -0.3 is 4.74 Å². The van der Waals surface area contributed by atoms with Crippen LogP contribution >= 0.6 is 11.3 Å². The summed E-state index contributed by atoms with van der Waals surface area (Å²) in [5, 5.41) is 0.923. The van der Waals surface area contributed by atoms with Gasteiger partial charge in [-0.1, -0.05) is 0 Å². The Balaban J connectivity index is 2.14. The van der Waals surface area contributed by atoms with Gasteiger partial charge in [-0.15, -0.1) is 11.3 Å². The molecule has 0 radical (unpaired) electrons. The fraction of sp³-hybridized carbons (Fsp3) is 0.400. The third kappa shape index (κ3) is 3.85. The predicted molar refractivity (Wildman–Crippen MR) is 88.2 cm³/mol. The molecule has 0 atom stereocenters. The molecule has 0 unspecified atom stereocenters. The first-order valence-corrected chi connectivity index (χ1v) is 9.19. The molecule has 1 N–H and O–H groups in total. The van der Waals surface area contributed by atoms with Crippen molar-refractivity contribution in [3.63, 3.8) is 0 Å². The molecule has 0 aliphatic heterocycles. The summed E-state index contributed by atoms with van der Waals surface area (Å²) in [6.07, 6.45) is 2.37. The summed E-state index contributed by atoms with van der Waals surface area (Å²) in [6.45, 7) is 6.09. The number of rotatable bonds is 6. The van der Waals surface area contributed by atoms with E-state index in [0.29, 0.717) is 18.7 Å². The van der Waals surface area contributed by atoms with Crippen LogP contribution in [0.5, 0.6) is 5.75 Å². The highest BCUT2D eigenvalue weighted by atomic mass is 32.2.